The second kappa shape index (κ2) is 9.49. The van der Waals surface area contributed by atoms with Crippen LogP contribution in [0.15, 0.2) is 77.0 Å². The first kappa shape index (κ1) is 23.4. The van der Waals surface area contributed by atoms with Crippen molar-refractivity contribution in [2.24, 2.45) is 10.7 Å². The van der Waals surface area contributed by atoms with Crippen LogP contribution >= 0.6 is 0 Å². The Morgan fingerprint density at radius 2 is 2.06 bits per heavy atom. The van der Waals surface area contributed by atoms with Gasteiger partial charge in [0.05, 0.1) is 19.6 Å². The highest BCUT2D eigenvalue weighted by atomic mass is 16.5. The molecule has 2 aliphatic heterocycles. The van der Waals surface area contributed by atoms with Crippen LogP contribution in [0.4, 0.5) is 0 Å². The number of aliphatic imine (C=N–C) groups is 1. The van der Waals surface area contributed by atoms with Crippen LogP contribution in [0.2, 0.25) is 0 Å². The van der Waals surface area contributed by atoms with Crippen LogP contribution in [0.5, 0.6) is 0 Å². The van der Waals surface area contributed by atoms with Crippen molar-refractivity contribution in [1.29, 1.82) is 0 Å². The number of carbonyl (C=O) groups excluding carboxylic acids is 1. The van der Waals surface area contributed by atoms with E-state index in [0.717, 1.165) is 40.0 Å². The number of carbonyl (C=O) groups is 1. The number of amides is 1. The summed E-state index contributed by atoms with van der Waals surface area (Å²) in [5, 5.41) is 0. The van der Waals surface area contributed by atoms with Gasteiger partial charge in [-0.1, -0.05) is 37.5 Å². The molecule has 0 bridgehead atoms. The van der Waals surface area contributed by atoms with E-state index >= 15 is 0 Å². The maximum absolute atomic E-state index is 12.8. The predicted octanol–water partition coefficient (Wildman–Crippen LogP) is 4.11. The molecule has 0 unspecified atom stereocenters. The molecule has 2 aliphatic rings. The predicted molar refractivity (Wildman–Crippen MR) is 130 cm³/mol. The van der Waals surface area contributed by atoms with E-state index in [1.807, 2.05) is 38.1 Å². The van der Waals surface area contributed by atoms with Crippen molar-refractivity contribution in [3.8, 4) is 0 Å². The topological polar surface area (TPSA) is 80.8 Å². The lowest BCUT2D eigenvalue weighted by Crippen LogP contribution is -2.50. The summed E-state index contributed by atoms with van der Waals surface area (Å²) in [6, 6.07) is 3.86. The second-order valence-corrected chi connectivity index (χ2v) is 8.36. The van der Waals surface area contributed by atoms with Crippen LogP contribution in [0, 0.1) is 6.92 Å². The van der Waals surface area contributed by atoms with E-state index < -0.39 is 5.54 Å². The largest absolute Gasteiger partial charge is 0.377 e. The standard InChI is InChI=1S/C26H32N4O2/c1-17(22-9-12-32-13-10-22)14-19(3)26(16-24(31)30(6)25(27)29-26)20(4)15-18(2)23-8-7-11-28-21(23)5/h7-9,11,14-15H,2-3,10,12-13,16H2,1,4-6H3,(H2,27,29)/b17-14+,20-15+/t26-/m0/s1. The molecule has 168 valence electrons. The maximum atomic E-state index is 12.8. The molecule has 0 aliphatic carbocycles. The zero-order chi connectivity index (χ0) is 23.5. The molecule has 0 radical (unpaired) electrons. The minimum Gasteiger partial charge on any atom is -0.377 e. The molecule has 2 N–H and O–H groups in total. The molecule has 1 aromatic heterocycles. The summed E-state index contributed by atoms with van der Waals surface area (Å²) in [6.45, 7) is 15.8. The zero-order valence-corrected chi connectivity index (χ0v) is 19.4. The van der Waals surface area contributed by atoms with E-state index in [-0.39, 0.29) is 18.3 Å². The molecule has 0 saturated carbocycles. The molecule has 3 rings (SSSR count). The number of rotatable bonds is 6. The third kappa shape index (κ3) is 4.65. The minimum atomic E-state index is -0.973. The molecule has 3 heterocycles. The van der Waals surface area contributed by atoms with Gasteiger partial charge in [-0.15, -0.1) is 0 Å². The number of ether oxygens (including phenoxy) is 1. The molecule has 0 aromatic carbocycles. The summed E-state index contributed by atoms with van der Waals surface area (Å²) >= 11 is 0. The summed E-state index contributed by atoms with van der Waals surface area (Å²) in [5.74, 6) is 0.0700. The number of hydrogen-bond donors (Lipinski definition) is 1. The normalized spacial score (nSPS) is 22.4. The number of hydrogen-bond acceptors (Lipinski definition) is 5. The molecule has 0 saturated heterocycles. The van der Waals surface area contributed by atoms with Gasteiger partial charge >= 0.3 is 0 Å². The van der Waals surface area contributed by atoms with Gasteiger partial charge in [0.15, 0.2) is 5.96 Å². The van der Waals surface area contributed by atoms with Gasteiger partial charge in [0, 0.05) is 24.5 Å². The Hall–Kier alpha value is -3.25. The van der Waals surface area contributed by atoms with Crippen molar-refractivity contribution in [2.75, 3.05) is 20.3 Å². The first-order valence-corrected chi connectivity index (χ1v) is 10.7. The number of nitrogens with two attached hydrogens (primary N) is 1. The average molecular weight is 433 g/mol. The summed E-state index contributed by atoms with van der Waals surface area (Å²) in [5.41, 5.74) is 11.7. The van der Waals surface area contributed by atoms with Crippen LogP contribution in [-0.4, -0.2) is 47.6 Å². The van der Waals surface area contributed by atoms with Crippen LogP contribution in [-0.2, 0) is 9.53 Å². The lowest BCUT2D eigenvalue weighted by molar-refractivity contribution is -0.127. The molecule has 6 nitrogen and oxygen atoms in total. The van der Waals surface area contributed by atoms with Crippen LogP contribution in [0.1, 0.15) is 37.9 Å². The second-order valence-electron chi connectivity index (χ2n) is 8.36. The third-order valence-electron chi connectivity index (χ3n) is 6.22. The minimum absolute atomic E-state index is 0.106. The molecule has 1 atom stereocenters. The van der Waals surface area contributed by atoms with Crippen molar-refractivity contribution >= 4 is 17.4 Å². The van der Waals surface area contributed by atoms with Crippen LogP contribution < -0.4 is 5.73 Å². The van der Waals surface area contributed by atoms with Gasteiger partial charge in [0.1, 0.15) is 5.54 Å². The molecule has 1 amide bonds. The summed E-state index contributed by atoms with van der Waals surface area (Å²) in [7, 11) is 1.64. The maximum Gasteiger partial charge on any atom is 0.232 e. The number of aryl methyl sites for hydroxylation is 1. The Labute approximate surface area is 190 Å². The van der Waals surface area contributed by atoms with Crippen molar-refractivity contribution in [3.63, 3.8) is 0 Å². The van der Waals surface area contributed by atoms with Crippen molar-refractivity contribution < 1.29 is 9.53 Å². The first-order valence-electron chi connectivity index (χ1n) is 10.7. The molecular weight excluding hydrogens is 400 g/mol. The van der Waals surface area contributed by atoms with Gasteiger partial charge in [0.2, 0.25) is 5.91 Å². The Morgan fingerprint density at radius 1 is 1.31 bits per heavy atom. The van der Waals surface area contributed by atoms with Crippen LogP contribution in [0.25, 0.3) is 5.57 Å². The highest BCUT2D eigenvalue weighted by molar-refractivity contribution is 6.00. The average Bonchev–Trinajstić information content (AvgIpc) is 2.77. The molecule has 32 heavy (non-hydrogen) atoms. The SMILES string of the molecule is C=C(/C=C(\C)[C@@]1(C(=C)/C=C(\C)C2=CCOCC2)CC(=O)N(C)C(N)=N1)c1cccnc1C. The van der Waals surface area contributed by atoms with Crippen molar-refractivity contribution in [2.45, 2.75) is 39.2 Å². The van der Waals surface area contributed by atoms with E-state index in [1.54, 1.807) is 13.2 Å². The Bertz CT molecular complexity index is 1080. The van der Waals surface area contributed by atoms with Gasteiger partial charge in [-0.3, -0.25) is 14.7 Å². The highest BCUT2D eigenvalue weighted by Gasteiger charge is 2.42. The third-order valence-corrected chi connectivity index (χ3v) is 6.22. The molecule has 0 spiro atoms. The Balaban J connectivity index is 2.07. The molecule has 1 aromatic rings. The summed E-state index contributed by atoms with van der Waals surface area (Å²) in [4.78, 5) is 23.4. The lowest BCUT2D eigenvalue weighted by Gasteiger charge is -2.38. The van der Waals surface area contributed by atoms with E-state index in [2.05, 4.69) is 31.1 Å². The molecule has 0 fully saturated rings. The van der Waals surface area contributed by atoms with E-state index in [9.17, 15) is 4.79 Å². The lowest BCUT2D eigenvalue weighted by atomic mass is 9.77. The number of allylic oxidation sites excluding steroid dienone is 3. The van der Waals surface area contributed by atoms with Gasteiger partial charge in [-0.05, 0) is 61.1 Å². The van der Waals surface area contributed by atoms with Crippen molar-refractivity contribution in [3.05, 3.63) is 83.3 Å². The first-order chi connectivity index (χ1) is 15.2. The van der Waals surface area contributed by atoms with Gasteiger partial charge in [0.25, 0.3) is 0 Å². The van der Waals surface area contributed by atoms with Crippen molar-refractivity contribution in [1.82, 2.24) is 9.88 Å². The molecule has 6 heteroatoms. The fourth-order valence-corrected chi connectivity index (χ4v) is 4.08. The Morgan fingerprint density at radius 3 is 2.69 bits per heavy atom. The fraction of sp³-hybridized carbons (Fsp3) is 0.346. The number of nitrogens with zero attached hydrogens (tertiary/aromatic N) is 3. The van der Waals surface area contributed by atoms with E-state index in [1.165, 1.54) is 10.5 Å². The Kier molecular flexibility index (Phi) is 6.94. The van der Waals surface area contributed by atoms with Gasteiger partial charge in [-0.2, -0.15) is 0 Å². The fourth-order valence-electron chi connectivity index (χ4n) is 4.08. The highest BCUT2D eigenvalue weighted by Crippen LogP contribution is 2.39. The summed E-state index contributed by atoms with van der Waals surface area (Å²) < 4.78 is 5.43. The zero-order valence-electron chi connectivity index (χ0n) is 19.4. The van der Waals surface area contributed by atoms with Gasteiger partial charge < -0.3 is 10.5 Å². The summed E-state index contributed by atoms with van der Waals surface area (Å²) in [6.07, 6.45) is 8.81. The van der Waals surface area contributed by atoms with Crippen LogP contribution in [0.3, 0.4) is 0 Å². The molecular formula is C26H32N4O2. The smallest absolute Gasteiger partial charge is 0.232 e. The van der Waals surface area contributed by atoms with E-state index in [4.69, 9.17) is 15.5 Å². The van der Waals surface area contributed by atoms with E-state index in [0.29, 0.717) is 13.2 Å². The number of aromatic nitrogens is 1. The quantitative estimate of drug-likeness (QED) is 0.686. The number of guanidine groups is 1. The monoisotopic (exact) mass is 432 g/mol. The number of pyridine rings is 1. The van der Waals surface area contributed by atoms with Gasteiger partial charge in [-0.25, -0.2) is 4.99 Å².